The van der Waals surface area contributed by atoms with Crippen molar-refractivity contribution in [3.8, 4) is 0 Å². The first kappa shape index (κ1) is 14.5. The average molecular weight is 284 g/mol. The van der Waals surface area contributed by atoms with Gasteiger partial charge in [0, 0.05) is 13.1 Å². The first-order chi connectivity index (χ1) is 9.36. The fourth-order valence-corrected chi connectivity index (χ4v) is 1.81. The lowest BCUT2D eigenvalue weighted by atomic mass is 10.0. The summed E-state index contributed by atoms with van der Waals surface area (Å²) in [6, 6.07) is 5.08. The van der Waals surface area contributed by atoms with Crippen molar-refractivity contribution in [2.45, 2.75) is 25.7 Å². The summed E-state index contributed by atoms with van der Waals surface area (Å²) in [6.45, 7) is 2.21. The molecule has 0 amide bonds. The van der Waals surface area contributed by atoms with Crippen molar-refractivity contribution >= 4 is 0 Å². The van der Waals surface area contributed by atoms with E-state index in [0.717, 1.165) is 12.1 Å². The minimum absolute atomic E-state index is 0.221. The van der Waals surface area contributed by atoms with Gasteiger partial charge in [-0.2, -0.15) is 18.3 Å². The molecule has 0 aliphatic heterocycles. The Morgan fingerprint density at radius 2 is 2.10 bits per heavy atom. The molecule has 0 aliphatic carbocycles. The zero-order valence-corrected chi connectivity index (χ0v) is 11.1. The highest BCUT2D eigenvalue weighted by Crippen LogP contribution is 2.30. The van der Waals surface area contributed by atoms with E-state index >= 15 is 0 Å². The zero-order chi connectivity index (χ0) is 14.8. The molecule has 2 rings (SSSR count). The van der Waals surface area contributed by atoms with Gasteiger partial charge in [0.2, 0.25) is 0 Å². The molecule has 0 spiro atoms. The molecule has 1 aromatic heterocycles. The van der Waals surface area contributed by atoms with E-state index in [9.17, 15) is 13.2 Å². The van der Waals surface area contributed by atoms with Crippen LogP contribution < -0.4 is 5.32 Å². The standard InChI is InChI=1S/C13H15F3N4/c1-9(17-7-12-18-8-20(2)19-12)10-4-3-5-11(6-10)13(14,15)16/h3-6,8-9,17H,7H2,1-2H3. The summed E-state index contributed by atoms with van der Waals surface area (Å²) in [5.74, 6) is 0.603. The Kier molecular flexibility index (Phi) is 4.08. The molecule has 1 heterocycles. The molecule has 0 radical (unpaired) electrons. The minimum atomic E-state index is -4.32. The predicted molar refractivity (Wildman–Crippen MR) is 67.7 cm³/mol. The number of hydrogen-bond donors (Lipinski definition) is 1. The maximum Gasteiger partial charge on any atom is 0.416 e. The Morgan fingerprint density at radius 1 is 1.35 bits per heavy atom. The van der Waals surface area contributed by atoms with Gasteiger partial charge in [-0.05, 0) is 24.6 Å². The molecular weight excluding hydrogens is 269 g/mol. The van der Waals surface area contributed by atoms with Gasteiger partial charge >= 0.3 is 6.18 Å². The molecular formula is C13H15F3N4. The van der Waals surface area contributed by atoms with Crippen molar-refractivity contribution in [1.29, 1.82) is 0 Å². The number of nitrogens with one attached hydrogen (secondary N) is 1. The van der Waals surface area contributed by atoms with Crippen molar-refractivity contribution in [1.82, 2.24) is 20.1 Å². The van der Waals surface area contributed by atoms with E-state index in [1.165, 1.54) is 6.07 Å². The van der Waals surface area contributed by atoms with Crippen molar-refractivity contribution in [3.63, 3.8) is 0 Å². The molecule has 0 bridgehead atoms. The third kappa shape index (κ3) is 3.57. The smallest absolute Gasteiger partial charge is 0.303 e. The largest absolute Gasteiger partial charge is 0.416 e. The van der Waals surface area contributed by atoms with Gasteiger partial charge in [0.05, 0.1) is 12.1 Å². The van der Waals surface area contributed by atoms with Gasteiger partial charge < -0.3 is 5.32 Å². The summed E-state index contributed by atoms with van der Waals surface area (Å²) in [5, 5.41) is 7.20. The fraction of sp³-hybridized carbons (Fsp3) is 0.385. The highest BCUT2D eigenvalue weighted by Gasteiger charge is 2.30. The molecule has 20 heavy (non-hydrogen) atoms. The van der Waals surface area contributed by atoms with Gasteiger partial charge in [0.1, 0.15) is 6.33 Å². The second kappa shape index (κ2) is 5.62. The maximum atomic E-state index is 12.6. The van der Waals surface area contributed by atoms with E-state index < -0.39 is 11.7 Å². The van der Waals surface area contributed by atoms with Gasteiger partial charge in [-0.25, -0.2) is 4.98 Å². The second-order valence-electron chi connectivity index (χ2n) is 4.56. The van der Waals surface area contributed by atoms with Crippen LogP contribution in [0.15, 0.2) is 30.6 Å². The first-order valence-electron chi connectivity index (χ1n) is 6.11. The summed E-state index contributed by atoms with van der Waals surface area (Å²) in [4.78, 5) is 4.05. The molecule has 0 fully saturated rings. The number of hydrogen-bond acceptors (Lipinski definition) is 3. The molecule has 0 saturated carbocycles. The van der Waals surface area contributed by atoms with Gasteiger partial charge in [-0.15, -0.1) is 0 Å². The number of alkyl halides is 3. The number of nitrogens with zero attached hydrogens (tertiary/aromatic N) is 3. The molecule has 0 aliphatic rings. The first-order valence-corrected chi connectivity index (χ1v) is 6.11. The molecule has 7 heteroatoms. The third-order valence-electron chi connectivity index (χ3n) is 2.93. The Labute approximate surface area is 114 Å². The summed E-state index contributed by atoms with van der Waals surface area (Å²) in [7, 11) is 1.76. The number of aryl methyl sites for hydroxylation is 1. The van der Waals surface area contributed by atoms with Crippen LogP contribution >= 0.6 is 0 Å². The second-order valence-corrected chi connectivity index (χ2v) is 4.56. The molecule has 1 N–H and O–H groups in total. The lowest BCUT2D eigenvalue weighted by Crippen LogP contribution is -2.19. The highest BCUT2D eigenvalue weighted by molar-refractivity contribution is 5.27. The molecule has 2 aromatic rings. The third-order valence-corrected chi connectivity index (χ3v) is 2.93. The lowest BCUT2D eigenvalue weighted by molar-refractivity contribution is -0.137. The van der Waals surface area contributed by atoms with Gasteiger partial charge in [-0.3, -0.25) is 4.68 Å². The van der Waals surface area contributed by atoms with E-state index in [0.29, 0.717) is 17.9 Å². The molecule has 1 unspecified atom stereocenters. The zero-order valence-electron chi connectivity index (χ0n) is 11.1. The van der Waals surface area contributed by atoms with Crippen LogP contribution in [0.2, 0.25) is 0 Å². The number of aromatic nitrogens is 3. The van der Waals surface area contributed by atoms with Crippen molar-refractivity contribution < 1.29 is 13.2 Å². The number of rotatable bonds is 4. The van der Waals surface area contributed by atoms with Crippen molar-refractivity contribution in [2.24, 2.45) is 7.05 Å². The predicted octanol–water partition coefficient (Wildman–Crippen LogP) is 2.68. The summed E-state index contributed by atoms with van der Waals surface area (Å²) in [5.41, 5.74) is -0.0598. The summed E-state index contributed by atoms with van der Waals surface area (Å²) >= 11 is 0. The Balaban J connectivity index is 2.03. The van der Waals surface area contributed by atoms with Crippen molar-refractivity contribution in [2.75, 3.05) is 0 Å². The lowest BCUT2D eigenvalue weighted by Gasteiger charge is -2.15. The van der Waals surface area contributed by atoms with Crippen LogP contribution in [0.25, 0.3) is 0 Å². The fourth-order valence-electron chi connectivity index (χ4n) is 1.81. The average Bonchev–Trinajstić information content (AvgIpc) is 2.81. The molecule has 0 saturated heterocycles. The summed E-state index contributed by atoms with van der Waals surface area (Å²) in [6.07, 6.45) is -2.75. The van der Waals surface area contributed by atoms with Crippen molar-refractivity contribution in [3.05, 3.63) is 47.5 Å². The highest BCUT2D eigenvalue weighted by atomic mass is 19.4. The van der Waals surface area contributed by atoms with Crippen LogP contribution in [0.3, 0.4) is 0 Å². The molecule has 4 nitrogen and oxygen atoms in total. The van der Waals surface area contributed by atoms with Crippen LogP contribution in [0.4, 0.5) is 13.2 Å². The molecule has 1 atom stereocenters. The Hall–Kier alpha value is -1.89. The normalized spacial score (nSPS) is 13.4. The number of halogens is 3. The minimum Gasteiger partial charge on any atom is -0.303 e. The molecule has 108 valence electrons. The Morgan fingerprint density at radius 3 is 2.70 bits per heavy atom. The Bertz CT molecular complexity index is 577. The SMILES string of the molecule is CC(NCc1ncn(C)n1)c1cccc(C(F)(F)F)c1. The van der Waals surface area contributed by atoms with E-state index in [2.05, 4.69) is 15.4 Å². The van der Waals surface area contributed by atoms with Crippen LogP contribution in [0.1, 0.15) is 29.9 Å². The number of benzene rings is 1. The maximum absolute atomic E-state index is 12.6. The van der Waals surface area contributed by atoms with Gasteiger partial charge in [0.15, 0.2) is 5.82 Å². The van der Waals surface area contributed by atoms with E-state index in [1.807, 2.05) is 0 Å². The monoisotopic (exact) mass is 284 g/mol. The van der Waals surface area contributed by atoms with Crippen LogP contribution in [0.5, 0.6) is 0 Å². The van der Waals surface area contributed by atoms with E-state index in [4.69, 9.17) is 0 Å². The van der Waals surface area contributed by atoms with E-state index in [1.54, 1.807) is 31.0 Å². The van der Waals surface area contributed by atoms with Gasteiger partial charge in [-0.1, -0.05) is 12.1 Å². The van der Waals surface area contributed by atoms with Crippen LogP contribution in [-0.2, 0) is 19.8 Å². The van der Waals surface area contributed by atoms with Crippen LogP contribution in [0, 0.1) is 0 Å². The van der Waals surface area contributed by atoms with E-state index in [-0.39, 0.29) is 6.04 Å². The topological polar surface area (TPSA) is 42.7 Å². The quantitative estimate of drug-likeness (QED) is 0.938. The van der Waals surface area contributed by atoms with Crippen LogP contribution in [-0.4, -0.2) is 14.8 Å². The van der Waals surface area contributed by atoms with Gasteiger partial charge in [0.25, 0.3) is 0 Å². The summed E-state index contributed by atoms with van der Waals surface area (Å²) < 4.78 is 39.5. The molecule has 1 aromatic carbocycles.